The van der Waals surface area contributed by atoms with Gasteiger partial charge in [-0.05, 0) is 18.6 Å². The molecule has 2 unspecified atom stereocenters. The monoisotopic (exact) mass is 285 g/mol. The van der Waals surface area contributed by atoms with Crippen LogP contribution in [0.15, 0.2) is 24.5 Å². The predicted octanol–water partition coefficient (Wildman–Crippen LogP) is 0.909. The summed E-state index contributed by atoms with van der Waals surface area (Å²) in [6.07, 6.45) is 1.83. The molecular weight excluding hydrogens is 274 g/mol. The Hall–Kier alpha value is -0.980. The van der Waals surface area contributed by atoms with Crippen LogP contribution in [-0.4, -0.2) is 36.2 Å². The highest BCUT2D eigenvalue weighted by atomic mass is 79.9. The van der Waals surface area contributed by atoms with Crippen LogP contribution in [0.2, 0.25) is 0 Å². The molecule has 2 heterocycles. The number of rotatable bonds is 4. The third kappa shape index (κ3) is 2.09. The van der Waals surface area contributed by atoms with Crippen molar-refractivity contribution in [3.05, 3.63) is 30.2 Å². The van der Waals surface area contributed by atoms with Crippen LogP contribution in [-0.2, 0) is 0 Å². The number of aliphatic hydroxyl groups is 2. The molecule has 16 heavy (non-hydrogen) atoms. The van der Waals surface area contributed by atoms with Gasteiger partial charge < -0.3 is 10.2 Å². The second-order valence-electron chi connectivity index (χ2n) is 3.47. The molecule has 6 heteroatoms. The Kier molecular flexibility index (Phi) is 3.52. The van der Waals surface area contributed by atoms with Gasteiger partial charge in [0, 0.05) is 11.5 Å². The second kappa shape index (κ2) is 4.90. The Morgan fingerprint density at radius 2 is 2.25 bits per heavy atom. The van der Waals surface area contributed by atoms with E-state index in [9.17, 15) is 10.2 Å². The number of alkyl halides is 1. The molecule has 0 fully saturated rings. The Labute approximate surface area is 101 Å². The van der Waals surface area contributed by atoms with E-state index in [0.717, 1.165) is 0 Å². The number of hydrogen-bond donors (Lipinski definition) is 2. The zero-order valence-electron chi connectivity index (χ0n) is 8.49. The zero-order chi connectivity index (χ0) is 11.5. The van der Waals surface area contributed by atoms with Gasteiger partial charge in [-0.15, -0.1) is 0 Å². The van der Waals surface area contributed by atoms with E-state index in [-0.39, 0.29) is 0 Å². The molecule has 2 aromatic rings. The van der Waals surface area contributed by atoms with Crippen molar-refractivity contribution in [3.8, 4) is 0 Å². The molecule has 0 aromatic carbocycles. The minimum Gasteiger partial charge on any atom is -0.390 e. The first-order valence-electron chi connectivity index (χ1n) is 4.95. The van der Waals surface area contributed by atoms with Crippen molar-refractivity contribution in [1.82, 2.24) is 14.6 Å². The lowest BCUT2D eigenvalue weighted by Crippen LogP contribution is -2.20. The number of hydrogen-bond acceptors (Lipinski definition) is 4. The quantitative estimate of drug-likeness (QED) is 0.820. The lowest BCUT2D eigenvalue weighted by atomic mass is 10.1. The van der Waals surface area contributed by atoms with Crippen molar-refractivity contribution in [2.45, 2.75) is 18.6 Å². The van der Waals surface area contributed by atoms with Crippen LogP contribution in [0.5, 0.6) is 0 Å². The van der Waals surface area contributed by atoms with Gasteiger partial charge in [-0.3, -0.25) is 0 Å². The summed E-state index contributed by atoms with van der Waals surface area (Å²) >= 11 is 3.22. The first-order chi connectivity index (χ1) is 7.74. The minimum atomic E-state index is -0.970. The topological polar surface area (TPSA) is 70.7 Å². The van der Waals surface area contributed by atoms with Crippen LogP contribution in [0.1, 0.15) is 18.2 Å². The molecule has 0 aliphatic carbocycles. The first-order valence-corrected chi connectivity index (χ1v) is 6.07. The van der Waals surface area contributed by atoms with Gasteiger partial charge in [0.15, 0.2) is 5.65 Å². The average Bonchev–Trinajstić information content (AvgIpc) is 2.72. The zero-order valence-corrected chi connectivity index (χ0v) is 10.1. The highest BCUT2D eigenvalue weighted by Crippen LogP contribution is 2.19. The van der Waals surface area contributed by atoms with E-state index in [2.05, 4.69) is 26.0 Å². The highest BCUT2D eigenvalue weighted by molar-refractivity contribution is 9.09. The SMILES string of the molecule is OC(CCBr)C(O)c1cnc2cccnn12. The number of imidazole rings is 1. The summed E-state index contributed by atoms with van der Waals surface area (Å²) < 4.78 is 1.53. The summed E-state index contributed by atoms with van der Waals surface area (Å²) in [6.45, 7) is 0. The fourth-order valence-corrected chi connectivity index (χ4v) is 1.99. The maximum Gasteiger partial charge on any atom is 0.153 e. The molecule has 0 saturated carbocycles. The van der Waals surface area contributed by atoms with E-state index >= 15 is 0 Å². The Bertz CT molecular complexity index is 474. The first kappa shape index (κ1) is 11.5. The summed E-state index contributed by atoms with van der Waals surface area (Å²) in [5, 5.41) is 24.3. The van der Waals surface area contributed by atoms with Crippen molar-refractivity contribution in [2.24, 2.45) is 0 Å². The summed E-state index contributed by atoms with van der Waals surface area (Å²) in [5.41, 5.74) is 1.16. The molecule has 2 aromatic heterocycles. The summed E-state index contributed by atoms with van der Waals surface area (Å²) in [6, 6.07) is 3.56. The summed E-state index contributed by atoms with van der Waals surface area (Å²) in [5.74, 6) is 0. The van der Waals surface area contributed by atoms with Crippen molar-refractivity contribution >= 4 is 21.6 Å². The highest BCUT2D eigenvalue weighted by Gasteiger charge is 2.21. The van der Waals surface area contributed by atoms with Crippen molar-refractivity contribution in [2.75, 3.05) is 5.33 Å². The van der Waals surface area contributed by atoms with Gasteiger partial charge in [-0.1, -0.05) is 15.9 Å². The Balaban J connectivity index is 2.32. The fourth-order valence-electron chi connectivity index (χ4n) is 1.52. The molecule has 0 saturated heterocycles. The second-order valence-corrected chi connectivity index (χ2v) is 4.26. The maximum atomic E-state index is 9.94. The molecular formula is C10H12BrN3O2. The molecule has 0 radical (unpaired) electrons. The van der Waals surface area contributed by atoms with Gasteiger partial charge in [0.05, 0.1) is 18.0 Å². The van der Waals surface area contributed by atoms with E-state index in [1.165, 1.54) is 10.7 Å². The lowest BCUT2D eigenvalue weighted by molar-refractivity contribution is 0.0137. The van der Waals surface area contributed by atoms with E-state index in [1.807, 2.05) is 0 Å². The smallest absolute Gasteiger partial charge is 0.153 e. The number of aliphatic hydroxyl groups excluding tert-OH is 2. The Morgan fingerprint density at radius 3 is 3.00 bits per heavy atom. The minimum absolute atomic E-state index is 0.473. The lowest BCUT2D eigenvalue weighted by Gasteiger charge is -2.15. The number of halogens is 1. The number of fused-ring (bicyclic) bond motifs is 1. The van der Waals surface area contributed by atoms with Crippen LogP contribution in [0.4, 0.5) is 0 Å². The number of nitrogens with zero attached hydrogens (tertiary/aromatic N) is 3. The van der Waals surface area contributed by atoms with Gasteiger partial charge in [0.1, 0.15) is 6.10 Å². The van der Waals surface area contributed by atoms with Gasteiger partial charge in [0.25, 0.3) is 0 Å². The summed E-state index contributed by atoms with van der Waals surface area (Å²) in [7, 11) is 0. The molecule has 0 aliphatic rings. The van der Waals surface area contributed by atoms with Crippen LogP contribution in [0.25, 0.3) is 5.65 Å². The van der Waals surface area contributed by atoms with Crippen LogP contribution >= 0.6 is 15.9 Å². The van der Waals surface area contributed by atoms with E-state index in [4.69, 9.17) is 0 Å². The van der Waals surface area contributed by atoms with Gasteiger partial charge in [0.2, 0.25) is 0 Å². The normalized spacial score (nSPS) is 15.2. The standard InChI is InChI=1S/C10H12BrN3O2/c11-4-3-8(15)10(16)7-6-12-9-2-1-5-13-14(7)9/h1-2,5-6,8,10,15-16H,3-4H2. The van der Waals surface area contributed by atoms with E-state index in [0.29, 0.717) is 23.1 Å². The molecule has 5 nitrogen and oxygen atoms in total. The van der Waals surface area contributed by atoms with Gasteiger partial charge in [-0.2, -0.15) is 5.10 Å². The van der Waals surface area contributed by atoms with Crippen LogP contribution < -0.4 is 0 Å². The Morgan fingerprint density at radius 1 is 1.44 bits per heavy atom. The van der Waals surface area contributed by atoms with Crippen molar-refractivity contribution in [1.29, 1.82) is 0 Å². The largest absolute Gasteiger partial charge is 0.390 e. The molecule has 0 spiro atoms. The third-order valence-electron chi connectivity index (χ3n) is 2.38. The fraction of sp³-hybridized carbons (Fsp3) is 0.400. The molecule has 86 valence electrons. The van der Waals surface area contributed by atoms with E-state index < -0.39 is 12.2 Å². The van der Waals surface area contributed by atoms with Gasteiger partial charge >= 0.3 is 0 Å². The molecule has 2 N–H and O–H groups in total. The van der Waals surface area contributed by atoms with Crippen LogP contribution in [0, 0.1) is 0 Å². The van der Waals surface area contributed by atoms with Crippen molar-refractivity contribution in [3.63, 3.8) is 0 Å². The maximum absolute atomic E-state index is 9.94. The average molecular weight is 286 g/mol. The third-order valence-corrected chi connectivity index (χ3v) is 2.83. The van der Waals surface area contributed by atoms with Crippen LogP contribution in [0.3, 0.4) is 0 Å². The summed E-state index contributed by atoms with van der Waals surface area (Å²) in [4.78, 5) is 4.10. The molecule has 0 aliphatic heterocycles. The van der Waals surface area contributed by atoms with Crippen molar-refractivity contribution < 1.29 is 10.2 Å². The predicted molar refractivity (Wildman–Crippen MR) is 62.4 cm³/mol. The number of aromatic nitrogens is 3. The van der Waals surface area contributed by atoms with E-state index in [1.54, 1.807) is 18.3 Å². The molecule has 0 amide bonds. The molecule has 2 atom stereocenters. The van der Waals surface area contributed by atoms with Gasteiger partial charge in [-0.25, -0.2) is 9.50 Å². The molecule has 2 rings (SSSR count). The molecule has 0 bridgehead atoms.